The summed E-state index contributed by atoms with van der Waals surface area (Å²) in [5, 5.41) is 32.1. The molecule has 0 saturated carbocycles. The van der Waals surface area contributed by atoms with Crippen molar-refractivity contribution >= 4 is 28.9 Å². The minimum atomic E-state index is -0.946. The number of halogens is 2. The highest BCUT2D eigenvalue weighted by Crippen LogP contribution is 2.30. The lowest BCUT2D eigenvalue weighted by Gasteiger charge is -2.13. The van der Waals surface area contributed by atoms with Gasteiger partial charge in [-0.05, 0) is 30.7 Å². The van der Waals surface area contributed by atoms with Gasteiger partial charge in [-0.2, -0.15) is 0 Å². The molecule has 0 aliphatic carbocycles. The minimum absolute atomic E-state index is 0.0918. The second-order valence-corrected chi connectivity index (χ2v) is 6.72. The van der Waals surface area contributed by atoms with Gasteiger partial charge in [0.05, 0.1) is 17.1 Å². The summed E-state index contributed by atoms with van der Waals surface area (Å²) in [6.07, 6.45) is -0.143. The molecule has 0 aliphatic heterocycles. The molecular weight excluding hydrogens is 467 g/mol. The minimum Gasteiger partial charge on any atom is -0.481 e. The summed E-state index contributed by atoms with van der Waals surface area (Å²) >= 11 is 5.95. The van der Waals surface area contributed by atoms with E-state index in [2.05, 4.69) is 20.3 Å². The number of carboxylic acid groups (broad SMARTS) is 1. The summed E-state index contributed by atoms with van der Waals surface area (Å²) in [7, 11) is 0. The Morgan fingerprint density at radius 2 is 1.73 bits per heavy atom. The van der Waals surface area contributed by atoms with Gasteiger partial charge in [-0.25, -0.2) is 4.39 Å². The zero-order valence-corrected chi connectivity index (χ0v) is 18.2. The van der Waals surface area contributed by atoms with Crippen LogP contribution in [-0.2, 0) is 20.9 Å². The molecule has 0 amide bonds. The standard InChI is InChI=1S/C15H13ClFNO2.C4H9N3O6/c1-9-5-6-13(10(7-9)8-14(19)20)18-15-11(16)3-2-4-12(15)17;8-6(9)12-3-1-5-2-4-13-7(10)11/h2-7,18H,8H2,1H3,(H,19,20);5H,1-4H2. The largest absolute Gasteiger partial charge is 0.481 e. The summed E-state index contributed by atoms with van der Waals surface area (Å²) in [6, 6.07) is 9.66. The molecule has 2 aromatic rings. The Labute approximate surface area is 192 Å². The molecule has 0 fully saturated rings. The normalized spacial score (nSPS) is 9.91. The first kappa shape index (κ1) is 27.3. The smallest absolute Gasteiger partial charge is 0.307 e. The van der Waals surface area contributed by atoms with E-state index in [1.807, 2.05) is 13.0 Å². The number of hydrogen-bond acceptors (Lipinski definition) is 9. The average molecular weight is 489 g/mol. The molecule has 0 heterocycles. The maximum atomic E-state index is 13.7. The summed E-state index contributed by atoms with van der Waals surface area (Å²) in [6.45, 7) is 2.16. The van der Waals surface area contributed by atoms with E-state index in [0.29, 0.717) is 11.3 Å². The number of nitrogens with one attached hydrogen (secondary N) is 2. The molecule has 0 radical (unpaired) electrons. The third-order valence-electron chi connectivity index (χ3n) is 3.78. The predicted octanol–water partition coefficient (Wildman–Crippen LogP) is 3.15. The Balaban J connectivity index is 0.000000366. The fraction of sp³-hybridized carbons (Fsp3) is 0.316. The number of carbonyl (C=O) groups is 1. The Morgan fingerprint density at radius 1 is 1.12 bits per heavy atom. The number of para-hydroxylation sites is 1. The lowest BCUT2D eigenvalue weighted by molar-refractivity contribution is -0.758. The molecule has 2 rings (SSSR count). The molecule has 180 valence electrons. The Kier molecular flexibility index (Phi) is 11.9. The molecule has 0 spiro atoms. The van der Waals surface area contributed by atoms with Gasteiger partial charge >= 0.3 is 5.97 Å². The highest BCUT2D eigenvalue weighted by atomic mass is 35.5. The molecule has 14 heteroatoms. The first-order valence-electron chi connectivity index (χ1n) is 9.37. The highest BCUT2D eigenvalue weighted by molar-refractivity contribution is 6.33. The monoisotopic (exact) mass is 488 g/mol. The third-order valence-corrected chi connectivity index (χ3v) is 4.09. The number of carboxylic acids is 1. The van der Waals surface area contributed by atoms with E-state index in [1.54, 1.807) is 18.2 Å². The van der Waals surface area contributed by atoms with Crippen molar-refractivity contribution in [2.45, 2.75) is 13.3 Å². The van der Waals surface area contributed by atoms with E-state index in [4.69, 9.17) is 16.7 Å². The van der Waals surface area contributed by atoms with Crippen molar-refractivity contribution in [1.29, 1.82) is 0 Å². The van der Waals surface area contributed by atoms with Gasteiger partial charge in [-0.1, -0.05) is 35.4 Å². The maximum Gasteiger partial charge on any atom is 0.307 e. The van der Waals surface area contributed by atoms with Crippen molar-refractivity contribution in [1.82, 2.24) is 5.32 Å². The molecular formula is C19H22ClFN4O8. The number of aliphatic carboxylic acids is 1. The Morgan fingerprint density at radius 3 is 2.24 bits per heavy atom. The van der Waals surface area contributed by atoms with Crippen LogP contribution in [0.15, 0.2) is 36.4 Å². The van der Waals surface area contributed by atoms with Crippen LogP contribution in [0.2, 0.25) is 5.02 Å². The van der Waals surface area contributed by atoms with Crippen LogP contribution in [0.5, 0.6) is 0 Å². The molecule has 12 nitrogen and oxygen atoms in total. The van der Waals surface area contributed by atoms with E-state index in [1.165, 1.54) is 12.1 Å². The first-order valence-corrected chi connectivity index (χ1v) is 9.75. The fourth-order valence-corrected chi connectivity index (χ4v) is 2.63. The average Bonchev–Trinajstić information content (AvgIpc) is 2.71. The van der Waals surface area contributed by atoms with Gasteiger partial charge in [0.1, 0.15) is 19.0 Å². The van der Waals surface area contributed by atoms with Crippen LogP contribution in [-0.4, -0.2) is 47.6 Å². The van der Waals surface area contributed by atoms with E-state index < -0.39 is 22.0 Å². The third kappa shape index (κ3) is 11.5. The summed E-state index contributed by atoms with van der Waals surface area (Å²) in [5.41, 5.74) is 2.19. The summed E-state index contributed by atoms with van der Waals surface area (Å²) < 4.78 is 13.7. The molecule has 0 unspecified atom stereocenters. The number of hydrogen-bond donors (Lipinski definition) is 3. The van der Waals surface area contributed by atoms with Crippen molar-refractivity contribution in [2.75, 3.05) is 31.6 Å². The zero-order chi connectivity index (χ0) is 24.8. The molecule has 0 atom stereocenters. The molecule has 33 heavy (non-hydrogen) atoms. The van der Waals surface area contributed by atoms with Gasteiger partial charge in [0.15, 0.2) is 0 Å². The number of aryl methyl sites for hydroxylation is 1. The van der Waals surface area contributed by atoms with Crippen LogP contribution in [0.25, 0.3) is 0 Å². The number of benzene rings is 2. The predicted molar refractivity (Wildman–Crippen MR) is 116 cm³/mol. The topological polar surface area (TPSA) is 166 Å². The summed E-state index contributed by atoms with van der Waals surface area (Å²) in [5.74, 6) is -1.43. The first-order chi connectivity index (χ1) is 15.6. The van der Waals surface area contributed by atoms with Crippen LogP contribution in [0.3, 0.4) is 0 Å². The maximum absolute atomic E-state index is 13.7. The second kappa shape index (κ2) is 14.4. The van der Waals surface area contributed by atoms with Crippen LogP contribution in [0.1, 0.15) is 11.1 Å². The van der Waals surface area contributed by atoms with Gasteiger partial charge in [0.2, 0.25) is 0 Å². The molecule has 0 aliphatic rings. The van der Waals surface area contributed by atoms with Crippen LogP contribution >= 0.6 is 11.6 Å². The second-order valence-electron chi connectivity index (χ2n) is 6.32. The van der Waals surface area contributed by atoms with Gasteiger partial charge in [-0.3, -0.25) is 4.79 Å². The Hall–Kier alpha value is -3.71. The number of rotatable bonds is 12. The molecule has 0 bridgehead atoms. The van der Waals surface area contributed by atoms with Crippen molar-refractivity contribution in [2.24, 2.45) is 0 Å². The van der Waals surface area contributed by atoms with Crippen molar-refractivity contribution < 1.29 is 34.1 Å². The Bertz CT molecular complexity index is 925. The summed E-state index contributed by atoms with van der Waals surface area (Å²) in [4.78, 5) is 38.0. The lowest BCUT2D eigenvalue weighted by atomic mass is 10.1. The van der Waals surface area contributed by atoms with E-state index in [-0.39, 0.29) is 43.4 Å². The lowest BCUT2D eigenvalue weighted by Crippen LogP contribution is -2.25. The zero-order valence-electron chi connectivity index (χ0n) is 17.5. The van der Waals surface area contributed by atoms with Crippen LogP contribution in [0, 0.1) is 33.0 Å². The molecule has 0 aromatic heterocycles. The molecule has 3 N–H and O–H groups in total. The van der Waals surface area contributed by atoms with Crippen molar-refractivity contribution in [3.8, 4) is 0 Å². The van der Waals surface area contributed by atoms with Crippen LogP contribution in [0.4, 0.5) is 15.8 Å². The van der Waals surface area contributed by atoms with Crippen molar-refractivity contribution in [3.63, 3.8) is 0 Å². The fourth-order valence-electron chi connectivity index (χ4n) is 2.42. The SMILES string of the molecule is Cc1ccc(Nc2c(F)cccc2Cl)c(CC(=O)O)c1.O=[N+]([O-])OCCNCCO[N+](=O)[O-]. The van der Waals surface area contributed by atoms with E-state index in [9.17, 15) is 29.4 Å². The van der Waals surface area contributed by atoms with E-state index in [0.717, 1.165) is 5.56 Å². The quantitative estimate of drug-likeness (QED) is 0.229. The highest BCUT2D eigenvalue weighted by Gasteiger charge is 2.12. The number of nitrogens with zero attached hydrogens (tertiary/aromatic N) is 2. The van der Waals surface area contributed by atoms with Crippen molar-refractivity contribution in [3.05, 3.63) is 78.6 Å². The van der Waals surface area contributed by atoms with E-state index >= 15 is 0 Å². The van der Waals surface area contributed by atoms with Crippen LogP contribution < -0.4 is 10.6 Å². The molecule has 0 saturated heterocycles. The van der Waals surface area contributed by atoms with Gasteiger partial charge in [0.25, 0.3) is 10.2 Å². The molecule has 2 aromatic carbocycles. The number of anilines is 2. The van der Waals surface area contributed by atoms with Gasteiger partial charge in [0, 0.05) is 18.8 Å². The van der Waals surface area contributed by atoms with Gasteiger partial charge in [-0.15, -0.1) is 20.2 Å². The van der Waals surface area contributed by atoms with Gasteiger partial charge < -0.3 is 25.4 Å².